The molecule has 2 aliphatic carbocycles. The zero-order valence-corrected chi connectivity index (χ0v) is 12.5. The molecule has 1 spiro atoms. The molecule has 22 heavy (non-hydrogen) atoms. The summed E-state index contributed by atoms with van der Waals surface area (Å²) in [5, 5.41) is 0. The van der Waals surface area contributed by atoms with Crippen LogP contribution in [0.4, 0.5) is 4.39 Å². The van der Waals surface area contributed by atoms with Crippen molar-refractivity contribution in [2.24, 2.45) is 0 Å². The lowest BCUT2D eigenvalue weighted by atomic mass is 9.84. The Morgan fingerprint density at radius 3 is 2.77 bits per heavy atom. The molecule has 2 saturated carbocycles. The summed E-state index contributed by atoms with van der Waals surface area (Å²) in [5.74, 6) is -0.104. The molecule has 0 radical (unpaired) electrons. The fourth-order valence-corrected chi connectivity index (χ4v) is 3.55. The van der Waals surface area contributed by atoms with E-state index in [1.165, 1.54) is 30.4 Å². The number of hydrogen-bond acceptors (Lipinski definition) is 3. The predicted octanol–water partition coefficient (Wildman–Crippen LogP) is 2.17. The lowest BCUT2D eigenvalue weighted by molar-refractivity contribution is -0.141. The molecule has 0 bridgehead atoms. The van der Waals surface area contributed by atoms with Gasteiger partial charge in [0, 0.05) is 17.5 Å². The van der Waals surface area contributed by atoms with Crippen molar-refractivity contribution in [2.75, 3.05) is 20.2 Å². The second-order valence-corrected chi connectivity index (χ2v) is 6.64. The van der Waals surface area contributed by atoms with E-state index in [1.54, 1.807) is 0 Å². The molecule has 3 aliphatic rings. The van der Waals surface area contributed by atoms with Crippen molar-refractivity contribution in [1.29, 1.82) is 0 Å². The molecule has 1 aromatic carbocycles. The molecule has 0 N–H and O–H groups in total. The van der Waals surface area contributed by atoms with E-state index in [2.05, 4.69) is 4.74 Å². The molecule has 1 heterocycles. The summed E-state index contributed by atoms with van der Waals surface area (Å²) >= 11 is 0. The number of carbonyl (C=O) groups is 2. The van der Waals surface area contributed by atoms with Crippen molar-refractivity contribution in [3.8, 4) is 0 Å². The summed E-state index contributed by atoms with van der Waals surface area (Å²) in [4.78, 5) is 25.5. The molecule has 2 fully saturated rings. The van der Waals surface area contributed by atoms with Crippen LogP contribution >= 0.6 is 0 Å². The second kappa shape index (κ2) is 4.54. The Morgan fingerprint density at radius 1 is 1.45 bits per heavy atom. The van der Waals surface area contributed by atoms with E-state index in [0.717, 1.165) is 5.56 Å². The molecule has 1 aromatic rings. The van der Waals surface area contributed by atoms with Gasteiger partial charge in [-0.05, 0) is 42.4 Å². The zero-order chi connectivity index (χ0) is 15.5. The summed E-state index contributed by atoms with van der Waals surface area (Å²) < 4.78 is 18.8. The Morgan fingerprint density at radius 2 is 2.18 bits per heavy atom. The third kappa shape index (κ3) is 1.95. The van der Waals surface area contributed by atoms with E-state index in [-0.39, 0.29) is 19.0 Å². The number of benzene rings is 1. The molecule has 1 aliphatic heterocycles. The summed E-state index contributed by atoms with van der Waals surface area (Å²) in [5.41, 5.74) is 1.99. The van der Waals surface area contributed by atoms with Crippen LogP contribution in [-0.4, -0.2) is 43.1 Å². The highest BCUT2D eigenvalue weighted by molar-refractivity contribution is 5.99. The number of nitrogens with zero attached hydrogens (tertiary/aromatic N) is 1. The van der Waals surface area contributed by atoms with Gasteiger partial charge in [-0.25, -0.2) is 4.39 Å². The largest absolute Gasteiger partial charge is 0.468 e. The summed E-state index contributed by atoms with van der Waals surface area (Å²) in [6, 6.07) is 5.81. The van der Waals surface area contributed by atoms with Crippen molar-refractivity contribution in [3.05, 3.63) is 34.9 Å². The molecule has 2 atom stereocenters. The minimum Gasteiger partial charge on any atom is -0.468 e. The SMILES string of the molecule is COC(=O)CN1CC2(C[C@@H]2F)c2cc(C3CC3)ccc2C1=O. The van der Waals surface area contributed by atoms with Gasteiger partial charge in [-0.3, -0.25) is 9.59 Å². The van der Waals surface area contributed by atoms with Crippen molar-refractivity contribution in [2.45, 2.75) is 36.8 Å². The highest BCUT2D eigenvalue weighted by Crippen LogP contribution is 2.55. The average Bonchev–Trinajstić information content (AvgIpc) is 3.42. The fraction of sp³-hybridized carbons (Fsp3) is 0.529. The smallest absolute Gasteiger partial charge is 0.325 e. The summed E-state index contributed by atoms with van der Waals surface area (Å²) in [7, 11) is 1.29. The second-order valence-electron chi connectivity index (χ2n) is 6.64. The highest BCUT2D eigenvalue weighted by Gasteiger charge is 2.61. The van der Waals surface area contributed by atoms with Crippen LogP contribution in [0.5, 0.6) is 0 Å². The maximum atomic E-state index is 14.1. The van der Waals surface area contributed by atoms with Gasteiger partial charge in [0.05, 0.1) is 7.11 Å². The van der Waals surface area contributed by atoms with E-state index < -0.39 is 17.6 Å². The van der Waals surface area contributed by atoms with Gasteiger partial charge in [-0.2, -0.15) is 0 Å². The van der Waals surface area contributed by atoms with Crippen LogP contribution in [0.15, 0.2) is 18.2 Å². The lowest BCUT2D eigenvalue weighted by Gasteiger charge is -2.34. The van der Waals surface area contributed by atoms with Crippen molar-refractivity contribution in [1.82, 2.24) is 4.90 Å². The first-order chi connectivity index (χ1) is 10.5. The van der Waals surface area contributed by atoms with Gasteiger partial charge in [-0.1, -0.05) is 12.1 Å². The van der Waals surface area contributed by atoms with Gasteiger partial charge in [0.15, 0.2) is 0 Å². The van der Waals surface area contributed by atoms with Crippen LogP contribution in [0.2, 0.25) is 0 Å². The van der Waals surface area contributed by atoms with Crippen LogP contribution in [-0.2, 0) is 14.9 Å². The van der Waals surface area contributed by atoms with E-state index in [1.807, 2.05) is 18.2 Å². The van der Waals surface area contributed by atoms with E-state index in [9.17, 15) is 14.0 Å². The number of esters is 1. The van der Waals surface area contributed by atoms with Crippen LogP contribution in [0, 0.1) is 0 Å². The van der Waals surface area contributed by atoms with Crippen LogP contribution in [0.3, 0.4) is 0 Å². The Kier molecular flexibility index (Phi) is 2.83. The maximum Gasteiger partial charge on any atom is 0.325 e. The first kappa shape index (κ1) is 13.7. The van der Waals surface area contributed by atoms with Gasteiger partial charge < -0.3 is 9.64 Å². The molecular formula is C17H18FNO3. The van der Waals surface area contributed by atoms with Crippen molar-refractivity contribution >= 4 is 11.9 Å². The molecule has 5 heteroatoms. The molecule has 1 amide bonds. The average molecular weight is 303 g/mol. The Balaban J connectivity index is 1.73. The number of ether oxygens (including phenoxy) is 1. The third-order valence-corrected chi connectivity index (χ3v) is 5.15. The van der Waals surface area contributed by atoms with E-state index in [0.29, 0.717) is 17.9 Å². The Labute approximate surface area is 128 Å². The van der Waals surface area contributed by atoms with Crippen molar-refractivity contribution in [3.63, 3.8) is 0 Å². The molecule has 4 nitrogen and oxygen atoms in total. The van der Waals surface area contributed by atoms with Crippen molar-refractivity contribution < 1.29 is 18.7 Å². The van der Waals surface area contributed by atoms with Gasteiger partial charge in [-0.15, -0.1) is 0 Å². The maximum absolute atomic E-state index is 14.1. The first-order valence-corrected chi connectivity index (χ1v) is 7.70. The van der Waals surface area contributed by atoms with Crippen LogP contribution < -0.4 is 0 Å². The van der Waals surface area contributed by atoms with Gasteiger partial charge in [0.25, 0.3) is 5.91 Å². The topological polar surface area (TPSA) is 46.6 Å². The number of amides is 1. The molecular weight excluding hydrogens is 285 g/mol. The van der Waals surface area contributed by atoms with E-state index >= 15 is 0 Å². The number of halogens is 1. The summed E-state index contributed by atoms with van der Waals surface area (Å²) in [6.45, 7) is 0.150. The Hall–Kier alpha value is -1.91. The van der Waals surface area contributed by atoms with Crippen LogP contribution in [0.1, 0.15) is 46.7 Å². The molecule has 116 valence electrons. The van der Waals surface area contributed by atoms with Crippen LogP contribution in [0.25, 0.3) is 0 Å². The molecule has 0 aromatic heterocycles. The number of hydrogen-bond donors (Lipinski definition) is 0. The standard InChI is InChI=1S/C17H18FNO3/c1-22-15(20)8-19-9-17(7-14(17)18)13-6-11(10-2-3-10)4-5-12(13)16(19)21/h4-6,10,14H,2-3,7-9H2,1H3/t14-,17?/m0/s1. The van der Waals surface area contributed by atoms with Gasteiger partial charge in [0.1, 0.15) is 12.7 Å². The molecule has 0 saturated heterocycles. The first-order valence-electron chi connectivity index (χ1n) is 7.70. The zero-order valence-electron chi connectivity index (χ0n) is 12.5. The number of methoxy groups -OCH3 is 1. The molecule has 4 rings (SSSR count). The number of rotatable bonds is 3. The highest BCUT2D eigenvalue weighted by atomic mass is 19.1. The summed E-state index contributed by atoms with van der Waals surface area (Å²) in [6.07, 6.45) is 1.84. The number of fused-ring (bicyclic) bond motifs is 2. The monoisotopic (exact) mass is 303 g/mol. The van der Waals surface area contributed by atoms with E-state index in [4.69, 9.17) is 0 Å². The number of alkyl halides is 1. The normalized spacial score (nSPS) is 29.5. The number of carbonyl (C=O) groups excluding carboxylic acids is 2. The minimum atomic E-state index is -0.936. The Bertz CT molecular complexity index is 670. The fourth-order valence-electron chi connectivity index (χ4n) is 3.55. The molecule has 1 unspecified atom stereocenters. The minimum absolute atomic E-state index is 0.117. The quantitative estimate of drug-likeness (QED) is 0.804. The predicted molar refractivity (Wildman–Crippen MR) is 77.5 cm³/mol. The lowest BCUT2D eigenvalue weighted by Crippen LogP contribution is -2.46. The van der Waals surface area contributed by atoms with Gasteiger partial charge in [0.2, 0.25) is 0 Å². The third-order valence-electron chi connectivity index (χ3n) is 5.15. The van der Waals surface area contributed by atoms with Gasteiger partial charge >= 0.3 is 5.97 Å².